The fraction of sp³-hybridized carbons (Fsp3) is 0.154. The molecule has 5 rings (SSSR count). The number of rotatable bonds is 7. The maximum atomic E-state index is 13.0. The van der Waals surface area contributed by atoms with Crippen LogP contribution in [0.25, 0.3) is 21.5 Å². The summed E-state index contributed by atoms with van der Waals surface area (Å²) in [6.07, 6.45) is 2.41. The second-order valence-corrected chi connectivity index (χ2v) is 9.95. The van der Waals surface area contributed by atoms with Crippen LogP contribution < -0.4 is 5.32 Å². The maximum absolute atomic E-state index is 13.0. The fourth-order valence-electron chi connectivity index (χ4n) is 4.09. The molecule has 2 aromatic carbocycles. The Labute approximate surface area is 195 Å². The lowest BCUT2D eigenvalue weighted by Gasteiger charge is -2.18. The van der Waals surface area contributed by atoms with Crippen LogP contribution in [0.15, 0.2) is 78.3 Å². The van der Waals surface area contributed by atoms with E-state index in [2.05, 4.69) is 57.9 Å². The highest BCUT2D eigenvalue weighted by molar-refractivity contribution is 7.15. The first-order chi connectivity index (χ1) is 15.7. The van der Waals surface area contributed by atoms with E-state index in [1.165, 1.54) is 16.5 Å². The van der Waals surface area contributed by atoms with E-state index in [1.807, 2.05) is 42.6 Å². The molecule has 0 aliphatic heterocycles. The molecule has 0 aliphatic carbocycles. The van der Waals surface area contributed by atoms with Crippen molar-refractivity contribution in [2.75, 3.05) is 6.54 Å². The predicted molar refractivity (Wildman–Crippen MR) is 133 cm³/mol. The highest BCUT2D eigenvalue weighted by atomic mass is 32.1. The van der Waals surface area contributed by atoms with Gasteiger partial charge < -0.3 is 10.3 Å². The van der Waals surface area contributed by atoms with Crippen LogP contribution in [0, 0.1) is 6.92 Å². The predicted octanol–water partition coefficient (Wildman–Crippen LogP) is 6.15. The lowest BCUT2D eigenvalue weighted by Crippen LogP contribution is -2.30. The number of hydrogen-bond donors (Lipinski definition) is 2. The number of para-hydroxylation sites is 1. The SMILES string of the molecule is Cc1nc(-c2cccs2)c(CC(=O)NC[C@@H](c2ccccc2)c2c[nH]c3ccccc23)s1. The number of aryl methyl sites for hydroxylation is 1. The number of nitrogens with zero attached hydrogens (tertiary/aromatic N) is 1. The molecule has 1 amide bonds. The van der Waals surface area contributed by atoms with E-state index < -0.39 is 0 Å². The molecule has 0 bridgehead atoms. The molecule has 5 aromatic rings. The monoisotopic (exact) mass is 457 g/mol. The smallest absolute Gasteiger partial charge is 0.225 e. The molecule has 4 nitrogen and oxygen atoms in total. The zero-order chi connectivity index (χ0) is 21.9. The summed E-state index contributed by atoms with van der Waals surface area (Å²) in [5, 5.41) is 7.41. The Bertz CT molecular complexity index is 1340. The standard InChI is InChI=1S/C26H23N3OS2/c1-17-29-26(23-12-7-13-31-23)24(32-17)14-25(30)28-15-20(18-8-3-2-4-9-18)21-16-27-22-11-6-5-10-19(21)22/h2-13,16,20,27H,14-15H2,1H3,(H,28,30)/t20-/m0/s1. The molecule has 0 spiro atoms. The molecule has 32 heavy (non-hydrogen) atoms. The van der Waals surface area contributed by atoms with Crippen LogP contribution in [0.1, 0.15) is 26.9 Å². The topological polar surface area (TPSA) is 57.8 Å². The van der Waals surface area contributed by atoms with E-state index in [0.29, 0.717) is 13.0 Å². The van der Waals surface area contributed by atoms with Gasteiger partial charge in [0.05, 0.1) is 22.0 Å². The lowest BCUT2D eigenvalue weighted by molar-refractivity contribution is -0.120. The van der Waals surface area contributed by atoms with Crippen molar-refractivity contribution in [1.82, 2.24) is 15.3 Å². The van der Waals surface area contributed by atoms with Gasteiger partial charge >= 0.3 is 0 Å². The molecular formula is C26H23N3OS2. The average molecular weight is 458 g/mol. The van der Waals surface area contributed by atoms with Crippen LogP contribution in [0.4, 0.5) is 0 Å². The number of thiazole rings is 1. The summed E-state index contributed by atoms with van der Waals surface area (Å²) in [6, 6.07) is 22.7. The third kappa shape index (κ3) is 4.24. The van der Waals surface area contributed by atoms with E-state index in [0.717, 1.165) is 26.0 Å². The minimum absolute atomic E-state index is 0.0206. The molecule has 1 atom stereocenters. The number of aromatic nitrogens is 2. The summed E-state index contributed by atoms with van der Waals surface area (Å²) in [4.78, 5) is 23.1. The number of thiophene rings is 1. The van der Waals surface area contributed by atoms with Crippen LogP contribution in [-0.2, 0) is 11.2 Å². The Hall–Kier alpha value is -3.22. The van der Waals surface area contributed by atoms with Gasteiger partial charge in [-0.25, -0.2) is 4.98 Å². The van der Waals surface area contributed by atoms with Gasteiger partial charge in [0, 0.05) is 34.4 Å². The molecular weight excluding hydrogens is 434 g/mol. The van der Waals surface area contributed by atoms with Crippen molar-refractivity contribution in [2.45, 2.75) is 19.3 Å². The number of amides is 1. The number of benzene rings is 2. The molecule has 0 aliphatic rings. The summed E-state index contributed by atoms with van der Waals surface area (Å²) in [5.41, 5.74) is 4.43. The van der Waals surface area contributed by atoms with Crippen LogP contribution in [-0.4, -0.2) is 22.4 Å². The number of carbonyl (C=O) groups excluding carboxylic acids is 1. The highest BCUT2D eigenvalue weighted by Gasteiger charge is 2.20. The second-order valence-electron chi connectivity index (χ2n) is 7.72. The maximum Gasteiger partial charge on any atom is 0.225 e. The van der Waals surface area contributed by atoms with Crippen LogP contribution in [0.3, 0.4) is 0 Å². The molecule has 3 aromatic heterocycles. The summed E-state index contributed by atoms with van der Waals surface area (Å²) >= 11 is 3.26. The Morgan fingerprint density at radius 3 is 2.69 bits per heavy atom. The van der Waals surface area contributed by atoms with E-state index >= 15 is 0 Å². The lowest BCUT2D eigenvalue weighted by atomic mass is 9.91. The van der Waals surface area contributed by atoms with E-state index in [4.69, 9.17) is 0 Å². The zero-order valence-corrected chi connectivity index (χ0v) is 19.3. The van der Waals surface area contributed by atoms with Gasteiger partial charge in [0.2, 0.25) is 5.91 Å². The zero-order valence-electron chi connectivity index (χ0n) is 17.7. The normalized spacial score (nSPS) is 12.2. The van der Waals surface area contributed by atoms with E-state index in [-0.39, 0.29) is 11.8 Å². The van der Waals surface area contributed by atoms with Crippen molar-refractivity contribution in [3.05, 3.63) is 99.3 Å². The summed E-state index contributed by atoms with van der Waals surface area (Å²) in [5.74, 6) is 0.0866. The number of H-pyrrole nitrogens is 1. The largest absolute Gasteiger partial charge is 0.361 e. The number of nitrogens with one attached hydrogen (secondary N) is 2. The summed E-state index contributed by atoms with van der Waals surface area (Å²) < 4.78 is 0. The Morgan fingerprint density at radius 2 is 1.88 bits per heavy atom. The molecule has 0 unspecified atom stereocenters. The molecule has 6 heteroatoms. The van der Waals surface area contributed by atoms with Crippen LogP contribution in [0.2, 0.25) is 0 Å². The minimum Gasteiger partial charge on any atom is -0.361 e. The Kier molecular flexibility index (Phi) is 5.88. The first-order valence-corrected chi connectivity index (χ1v) is 12.3. The molecule has 3 heterocycles. The van der Waals surface area contributed by atoms with Crippen molar-refractivity contribution in [2.24, 2.45) is 0 Å². The quantitative estimate of drug-likeness (QED) is 0.308. The molecule has 0 radical (unpaired) electrons. The third-order valence-electron chi connectivity index (χ3n) is 5.58. The third-order valence-corrected chi connectivity index (χ3v) is 7.43. The van der Waals surface area contributed by atoms with Gasteiger partial charge in [-0.1, -0.05) is 54.6 Å². The van der Waals surface area contributed by atoms with E-state index in [1.54, 1.807) is 22.7 Å². The van der Waals surface area contributed by atoms with Crippen molar-refractivity contribution < 1.29 is 4.79 Å². The second kappa shape index (κ2) is 9.10. The average Bonchev–Trinajstić information content (AvgIpc) is 3.55. The Morgan fingerprint density at radius 1 is 1.06 bits per heavy atom. The van der Waals surface area contributed by atoms with Crippen molar-refractivity contribution >= 4 is 39.5 Å². The van der Waals surface area contributed by atoms with Crippen LogP contribution in [0.5, 0.6) is 0 Å². The van der Waals surface area contributed by atoms with E-state index in [9.17, 15) is 4.79 Å². The molecule has 0 saturated carbocycles. The number of carbonyl (C=O) groups is 1. The first kappa shape index (κ1) is 20.7. The van der Waals surface area contributed by atoms with Gasteiger partial charge in [-0.3, -0.25) is 4.79 Å². The van der Waals surface area contributed by atoms with Crippen LogP contribution >= 0.6 is 22.7 Å². The molecule has 0 saturated heterocycles. The summed E-state index contributed by atoms with van der Waals surface area (Å²) in [7, 11) is 0. The molecule has 0 fully saturated rings. The minimum atomic E-state index is 0.0206. The number of fused-ring (bicyclic) bond motifs is 1. The van der Waals surface area contributed by atoms with Crippen molar-refractivity contribution in [1.29, 1.82) is 0 Å². The molecule has 2 N–H and O–H groups in total. The molecule has 160 valence electrons. The van der Waals surface area contributed by atoms with Gasteiger partial charge in [0.1, 0.15) is 0 Å². The fourth-order valence-corrected chi connectivity index (χ4v) is 5.85. The first-order valence-electron chi connectivity index (χ1n) is 10.6. The number of aromatic amines is 1. The van der Waals surface area contributed by atoms with Gasteiger partial charge in [-0.2, -0.15) is 0 Å². The Balaban J connectivity index is 1.37. The number of hydrogen-bond acceptors (Lipinski definition) is 4. The van der Waals surface area contributed by atoms with Gasteiger partial charge in [-0.15, -0.1) is 22.7 Å². The van der Waals surface area contributed by atoms with Gasteiger partial charge in [0.15, 0.2) is 0 Å². The van der Waals surface area contributed by atoms with Gasteiger partial charge in [-0.05, 0) is 35.6 Å². The summed E-state index contributed by atoms with van der Waals surface area (Å²) in [6.45, 7) is 2.53. The highest BCUT2D eigenvalue weighted by Crippen LogP contribution is 2.32. The van der Waals surface area contributed by atoms with Crippen molar-refractivity contribution in [3.8, 4) is 10.6 Å². The van der Waals surface area contributed by atoms with Crippen molar-refractivity contribution in [3.63, 3.8) is 0 Å². The van der Waals surface area contributed by atoms with Gasteiger partial charge in [0.25, 0.3) is 0 Å².